The van der Waals surface area contributed by atoms with Crippen LogP contribution in [-0.4, -0.2) is 41.4 Å². The van der Waals surface area contributed by atoms with Crippen molar-refractivity contribution < 1.29 is 14.6 Å². The molecule has 0 radical (unpaired) electrons. The van der Waals surface area contributed by atoms with Gasteiger partial charge >= 0.3 is 0 Å². The van der Waals surface area contributed by atoms with Crippen LogP contribution in [0.3, 0.4) is 0 Å². The maximum atomic E-state index is 9.80. The molecule has 1 aromatic heterocycles. The lowest BCUT2D eigenvalue weighted by Gasteiger charge is -2.27. The summed E-state index contributed by atoms with van der Waals surface area (Å²) in [5.74, 6) is 2.73. The fourth-order valence-electron chi connectivity index (χ4n) is 3.70. The second-order valence-corrected chi connectivity index (χ2v) is 7.14. The summed E-state index contributed by atoms with van der Waals surface area (Å²) in [5, 5.41) is 14.3. The first-order chi connectivity index (χ1) is 13.7. The highest BCUT2D eigenvalue weighted by Crippen LogP contribution is 2.36. The third-order valence-electron chi connectivity index (χ3n) is 5.27. The molecule has 146 valence electrons. The smallest absolute Gasteiger partial charge is 0.162 e. The zero-order valence-electron chi connectivity index (χ0n) is 16.2. The monoisotopic (exact) mass is 379 g/mol. The number of hydrogen-bond donors (Lipinski definition) is 2. The molecular formula is C22H25N3O3. The molecule has 6 nitrogen and oxygen atoms in total. The number of fused-ring (bicyclic) bond motifs is 1. The molecule has 0 bridgehead atoms. The van der Waals surface area contributed by atoms with E-state index in [1.807, 2.05) is 42.5 Å². The van der Waals surface area contributed by atoms with Gasteiger partial charge in [0.2, 0.25) is 0 Å². The zero-order valence-corrected chi connectivity index (χ0v) is 16.2. The molecule has 28 heavy (non-hydrogen) atoms. The van der Waals surface area contributed by atoms with E-state index in [9.17, 15) is 5.11 Å². The van der Waals surface area contributed by atoms with Crippen LogP contribution in [0.25, 0.3) is 22.3 Å². The standard InChI is InChI=1S/C22H25N3O3/c1-27-19-12-17-18(13-20(19)28-2)24-21(14-6-4-3-5-7-14)25-22(17)23-15-8-10-16(26)11-9-15/h3-7,12-13,15-16,26H,8-11H2,1-2H3,(H,23,24,25). The molecule has 0 atom stereocenters. The third-order valence-corrected chi connectivity index (χ3v) is 5.27. The van der Waals surface area contributed by atoms with Gasteiger partial charge in [0.15, 0.2) is 17.3 Å². The van der Waals surface area contributed by atoms with Crippen molar-refractivity contribution >= 4 is 16.7 Å². The molecule has 2 aromatic carbocycles. The number of aromatic nitrogens is 2. The topological polar surface area (TPSA) is 76.5 Å². The number of hydrogen-bond acceptors (Lipinski definition) is 6. The molecule has 0 amide bonds. The third kappa shape index (κ3) is 3.73. The van der Waals surface area contributed by atoms with E-state index < -0.39 is 0 Å². The average Bonchev–Trinajstić information content (AvgIpc) is 2.74. The molecule has 4 rings (SSSR count). The molecule has 1 fully saturated rings. The summed E-state index contributed by atoms with van der Waals surface area (Å²) < 4.78 is 10.9. The van der Waals surface area contributed by atoms with Crippen LogP contribution in [-0.2, 0) is 0 Å². The summed E-state index contributed by atoms with van der Waals surface area (Å²) in [6.07, 6.45) is 3.26. The largest absolute Gasteiger partial charge is 0.493 e. The van der Waals surface area contributed by atoms with Crippen LogP contribution in [0.2, 0.25) is 0 Å². The molecule has 2 N–H and O–H groups in total. The molecule has 1 heterocycles. The first-order valence-electron chi connectivity index (χ1n) is 9.61. The van der Waals surface area contributed by atoms with E-state index in [0.29, 0.717) is 17.3 Å². The van der Waals surface area contributed by atoms with Crippen LogP contribution < -0.4 is 14.8 Å². The maximum absolute atomic E-state index is 9.80. The van der Waals surface area contributed by atoms with Gasteiger partial charge in [-0.1, -0.05) is 30.3 Å². The van der Waals surface area contributed by atoms with Crippen LogP contribution in [0.4, 0.5) is 5.82 Å². The molecule has 6 heteroatoms. The van der Waals surface area contributed by atoms with E-state index in [0.717, 1.165) is 48.0 Å². The number of benzene rings is 2. The predicted molar refractivity (Wildman–Crippen MR) is 110 cm³/mol. The number of nitrogens with one attached hydrogen (secondary N) is 1. The van der Waals surface area contributed by atoms with E-state index in [1.165, 1.54) is 0 Å². The van der Waals surface area contributed by atoms with Crippen molar-refractivity contribution in [1.82, 2.24) is 9.97 Å². The van der Waals surface area contributed by atoms with E-state index in [2.05, 4.69) is 5.32 Å². The van der Waals surface area contributed by atoms with Crippen LogP contribution in [0.15, 0.2) is 42.5 Å². The van der Waals surface area contributed by atoms with Gasteiger partial charge in [0.05, 0.1) is 25.8 Å². The van der Waals surface area contributed by atoms with Crippen molar-refractivity contribution in [2.24, 2.45) is 0 Å². The number of methoxy groups -OCH3 is 2. The Kier molecular flexibility index (Phi) is 5.30. The quantitative estimate of drug-likeness (QED) is 0.697. The Morgan fingerprint density at radius 3 is 2.29 bits per heavy atom. The SMILES string of the molecule is COc1cc2nc(-c3ccccc3)nc(NC3CCC(O)CC3)c2cc1OC. The highest BCUT2D eigenvalue weighted by molar-refractivity contribution is 5.93. The van der Waals surface area contributed by atoms with Gasteiger partial charge in [-0.2, -0.15) is 0 Å². The van der Waals surface area contributed by atoms with Crippen LogP contribution in [0.1, 0.15) is 25.7 Å². The molecule has 1 saturated carbocycles. The number of ether oxygens (including phenoxy) is 2. The van der Waals surface area contributed by atoms with E-state index in [4.69, 9.17) is 19.4 Å². The molecule has 0 aliphatic heterocycles. The van der Waals surface area contributed by atoms with Gasteiger partial charge in [-0.15, -0.1) is 0 Å². The minimum atomic E-state index is -0.190. The number of nitrogens with zero attached hydrogens (tertiary/aromatic N) is 2. The van der Waals surface area contributed by atoms with Crippen LogP contribution in [0, 0.1) is 0 Å². The van der Waals surface area contributed by atoms with Gasteiger partial charge in [0, 0.05) is 23.1 Å². The summed E-state index contributed by atoms with van der Waals surface area (Å²) in [6.45, 7) is 0. The summed E-state index contributed by atoms with van der Waals surface area (Å²) in [5.41, 5.74) is 1.76. The lowest BCUT2D eigenvalue weighted by Crippen LogP contribution is -2.28. The van der Waals surface area contributed by atoms with Gasteiger partial charge in [-0.25, -0.2) is 9.97 Å². The number of anilines is 1. The minimum absolute atomic E-state index is 0.190. The van der Waals surface area contributed by atoms with Crippen LogP contribution in [0.5, 0.6) is 11.5 Å². The molecule has 3 aromatic rings. The lowest BCUT2D eigenvalue weighted by molar-refractivity contribution is 0.126. The van der Waals surface area contributed by atoms with Crippen molar-refractivity contribution in [2.45, 2.75) is 37.8 Å². The fourth-order valence-corrected chi connectivity index (χ4v) is 3.70. The van der Waals surface area contributed by atoms with Gasteiger partial charge in [-0.05, 0) is 31.7 Å². The summed E-state index contributed by atoms with van der Waals surface area (Å²) in [7, 11) is 3.24. The predicted octanol–water partition coefficient (Wildman–Crippen LogP) is 4.03. The van der Waals surface area contributed by atoms with Crippen molar-refractivity contribution in [3.63, 3.8) is 0 Å². The Bertz CT molecular complexity index is 954. The Hall–Kier alpha value is -2.86. The first kappa shape index (κ1) is 18.5. The molecule has 1 aliphatic carbocycles. The number of aliphatic hydroxyl groups is 1. The van der Waals surface area contributed by atoms with Gasteiger partial charge in [0.25, 0.3) is 0 Å². The van der Waals surface area contributed by atoms with E-state index >= 15 is 0 Å². The lowest BCUT2D eigenvalue weighted by atomic mass is 9.93. The molecular weight excluding hydrogens is 354 g/mol. The van der Waals surface area contributed by atoms with Gasteiger partial charge in [-0.3, -0.25) is 0 Å². The summed E-state index contributed by atoms with van der Waals surface area (Å²) >= 11 is 0. The summed E-state index contributed by atoms with van der Waals surface area (Å²) in [6, 6.07) is 14.0. The summed E-state index contributed by atoms with van der Waals surface area (Å²) in [4.78, 5) is 9.60. The van der Waals surface area contributed by atoms with Crippen molar-refractivity contribution in [2.75, 3.05) is 19.5 Å². The molecule has 0 spiro atoms. The molecule has 1 aliphatic rings. The zero-order chi connectivity index (χ0) is 19.5. The van der Waals surface area contributed by atoms with E-state index in [1.54, 1.807) is 14.2 Å². The Morgan fingerprint density at radius 2 is 1.61 bits per heavy atom. The highest BCUT2D eigenvalue weighted by atomic mass is 16.5. The van der Waals surface area contributed by atoms with Crippen molar-refractivity contribution in [3.05, 3.63) is 42.5 Å². The average molecular weight is 379 g/mol. The first-order valence-corrected chi connectivity index (χ1v) is 9.61. The Labute approximate surface area is 164 Å². The Morgan fingerprint density at radius 1 is 0.929 bits per heavy atom. The van der Waals surface area contributed by atoms with Crippen molar-refractivity contribution in [3.8, 4) is 22.9 Å². The second-order valence-electron chi connectivity index (χ2n) is 7.14. The van der Waals surface area contributed by atoms with Gasteiger partial charge < -0.3 is 19.9 Å². The number of aliphatic hydroxyl groups excluding tert-OH is 1. The maximum Gasteiger partial charge on any atom is 0.162 e. The second kappa shape index (κ2) is 8.02. The molecule has 0 saturated heterocycles. The van der Waals surface area contributed by atoms with Crippen molar-refractivity contribution in [1.29, 1.82) is 0 Å². The number of rotatable bonds is 5. The highest BCUT2D eigenvalue weighted by Gasteiger charge is 2.21. The van der Waals surface area contributed by atoms with E-state index in [-0.39, 0.29) is 12.1 Å². The minimum Gasteiger partial charge on any atom is -0.493 e. The fraction of sp³-hybridized carbons (Fsp3) is 0.364. The van der Waals surface area contributed by atoms with Gasteiger partial charge in [0.1, 0.15) is 5.82 Å². The Balaban J connectivity index is 1.81. The van der Waals surface area contributed by atoms with Crippen LogP contribution >= 0.6 is 0 Å². The normalized spacial score (nSPS) is 19.4. The molecule has 0 unspecified atom stereocenters.